The first-order valence-corrected chi connectivity index (χ1v) is 8.23. The minimum absolute atomic E-state index is 0.0511. The Balaban J connectivity index is 1.99. The summed E-state index contributed by atoms with van der Waals surface area (Å²) in [6.45, 7) is 7.67. The van der Waals surface area contributed by atoms with Crippen LogP contribution >= 0.6 is 11.6 Å². The van der Waals surface area contributed by atoms with E-state index in [0.717, 1.165) is 12.0 Å². The number of hydrogen-bond donors (Lipinski definition) is 0. The van der Waals surface area contributed by atoms with Crippen molar-refractivity contribution in [1.29, 1.82) is 0 Å². The van der Waals surface area contributed by atoms with Gasteiger partial charge in [-0.1, -0.05) is 17.7 Å². The van der Waals surface area contributed by atoms with Crippen LogP contribution in [-0.4, -0.2) is 53.9 Å². The van der Waals surface area contributed by atoms with Gasteiger partial charge in [0.2, 0.25) is 5.91 Å². The Labute approximate surface area is 142 Å². The Morgan fingerprint density at radius 3 is 2.52 bits per heavy atom. The van der Waals surface area contributed by atoms with Crippen molar-refractivity contribution in [3.8, 4) is 5.75 Å². The normalized spacial score (nSPS) is 16.7. The van der Waals surface area contributed by atoms with Gasteiger partial charge in [-0.3, -0.25) is 9.59 Å². The fourth-order valence-corrected chi connectivity index (χ4v) is 2.81. The molecule has 2 rings (SSSR count). The molecular formula is C17H23ClN2O3. The minimum Gasteiger partial charge on any atom is -0.479 e. The van der Waals surface area contributed by atoms with Crippen LogP contribution in [0.25, 0.3) is 0 Å². The lowest BCUT2D eigenvalue weighted by Gasteiger charge is -2.25. The highest BCUT2D eigenvalue weighted by molar-refractivity contribution is 6.32. The number of carbonyl (C=O) groups is 2. The predicted molar refractivity (Wildman–Crippen MR) is 89.7 cm³/mol. The first-order valence-electron chi connectivity index (χ1n) is 7.85. The van der Waals surface area contributed by atoms with E-state index in [1.807, 2.05) is 19.1 Å². The van der Waals surface area contributed by atoms with Crippen LogP contribution in [0.1, 0.15) is 25.8 Å². The third-order valence-corrected chi connectivity index (χ3v) is 4.30. The van der Waals surface area contributed by atoms with Crippen LogP contribution in [0.2, 0.25) is 5.02 Å². The molecular weight excluding hydrogens is 316 g/mol. The summed E-state index contributed by atoms with van der Waals surface area (Å²) < 4.78 is 5.75. The standard InChI is InChI=1S/C17H23ClN2O3/c1-12-5-6-15(18)16(11-12)23-13(2)17(22)20-8-4-7-19(9-10-20)14(3)21/h5-6,11,13H,4,7-10H2,1-3H3. The van der Waals surface area contributed by atoms with Crippen molar-refractivity contribution < 1.29 is 14.3 Å². The van der Waals surface area contributed by atoms with E-state index < -0.39 is 6.10 Å². The van der Waals surface area contributed by atoms with Gasteiger partial charge in [-0.25, -0.2) is 0 Å². The van der Waals surface area contributed by atoms with E-state index in [-0.39, 0.29) is 11.8 Å². The number of rotatable bonds is 3. The number of halogens is 1. The molecule has 5 nitrogen and oxygen atoms in total. The molecule has 0 aliphatic carbocycles. The lowest BCUT2D eigenvalue weighted by atomic mass is 10.2. The van der Waals surface area contributed by atoms with Crippen LogP contribution < -0.4 is 4.74 Å². The van der Waals surface area contributed by atoms with Gasteiger partial charge in [-0.15, -0.1) is 0 Å². The maximum atomic E-state index is 12.6. The topological polar surface area (TPSA) is 49.9 Å². The van der Waals surface area contributed by atoms with Crippen molar-refractivity contribution in [2.45, 2.75) is 33.3 Å². The number of carbonyl (C=O) groups excluding carboxylic acids is 2. The fourth-order valence-electron chi connectivity index (χ4n) is 2.65. The van der Waals surface area contributed by atoms with Gasteiger partial charge in [0.1, 0.15) is 5.75 Å². The number of amides is 2. The van der Waals surface area contributed by atoms with E-state index in [1.54, 1.807) is 29.7 Å². The molecule has 0 bridgehead atoms. The van der Waals surface area contributed by atoms with Crippen molar-refractivity contribution in [1.82, 2.24) is 9.80 Å². The van der Waals surface area contributed by atoms with Gasteiger partial charge in [-0.05, 0) is 38.0 Å². The highest BCUT2D eigenvalue weighted by Gasteiger charge is 2.25. The molecule has 1 unspecified atom stereocenters. The third-order valence-electron chi connectivity index (χ3n) is 3.99. The van der Waals surface area contributed by atoms with Gasteiger partial charge >= 0.3 is 0 Å². The van der Waals surface area contributed by atoms with Crippen LogP contribution in [0, 0.1) is 6.92 Å². The van der Waals surface area contributed by atoms with Crippen molar-refractivity contribution in [2.75, 3.05) is 26.2 Å². The molecule has 0 radical (unpaired) electrons. The van der Waals surface area contributed by atoms with Crippen molar-refractivity contribution in [3.63, 3.8) is 0 Å². The summed E-state index contributed by atoms with van der Waals surface area (Å²) >= 11 is 6.12. The van der Waals surface area contributed by atoms with Crippen LogP contribution in [0.3, 0.4) is 0 Å². The quantitative estimate of drug-likeness (QED) is 0.850. The molecule has 0 N–H and O–H groups in total. The molecule has 23 heavy (non-hydrogen) atoms. The average molecular weight is 339 g/mol. The Bertz CT molecular complexity index is 591. The summed E-state index contributed by atoms with van der Waals surface area (Å²) in [4.78, 5) is 27.6. The molecule has 1 heterocycles. The monoisotopic (exact) mass is 338 g/mol. The molecule has 0 aromatic heterocycles. The number of aryl methyl sites for hydroxylation is 1. The molecule has 1 aliphatic heterocycles. The van der Waals surface area contributed by atoms with E-state index in [4.69, 9.17) is 16.3 Å². The van der Waals surface area contributed by atoms with Gasteiger partial charge in [-0.2, -0.15) is 0 Å². The van der Waals surface area contributed by atoms with E-state index >= 15 is 0 Å². The molecule has 6 heteroatoms. The zero-order chi connectivity index (χ0) is 17.0. The molecule has 1 atom stereocenters. The molecule has 0 saturated carbocycles. The Morgan fingerprint density at radius 1 is 1.17 bits per heavy atom. The first kappa shape index (κ1) is 17.6. The van der Waals surface area contributed by atoms with E-state index in [0.29, 0.717) is 37.0 Å². The lowest BCUT2D eigenvalue weighted by molar-refractivity contribution is -0.138. The number of nitrogens with zero attached hydrogens (tertiary/aromatic N) is 2. The molecule has 1 saturated heterocycles. The third kappa shape index (κ3) is 4.61. The van der Waals surface area contributed by atoms with Crippen LogP contribution in [-0.2, 0) is 9.59 Å². The largest absolute Gasteiger partial charge is 0.479 e. The van der Waals surface area contributed by atoms with Crippen LogP contribution in [0.15, 0.2) is 18.2 Å². The van der Waals surface area contributed by atoms with Crippen LogP contribution in [0.4, 0.5) is 0 Å². The zero-order valence-corrected chi connectivity index (χ0v) is 14.6. The minimum atomic E-state index is -0.613. The fraction of sp³-hybridized carbons (Fsp3) is 0.529. The summed E-state index contributed by atoms with van der Waals surface area (Å²) in [6.07, 6.45) is 0.168. The predicted octanol–water partition coefficient (Wildman–Crippen LogP) is 2.50. The highest BCUT2D eigenvalue weighted by atomic mass is 35.5. The SMILES string of the molecule is CC(=O)N1CCCN(C(=O)C(C)Oc2cc(C)ccc2Cl)CC1. The summed E-state index contributed by atoms with van der Waals surface area (Å²) in [5.41, 5.74) is 1.02. The molecule has 1 aromatic carbocycles. The highest BCUT2D eigenvalue weighted by Crippen LogP contribution is 2.26. The molecule has 1 aliphatic rings. The molecule has 1 aromatic rings. The number of benzene rings is 1. The Kier molecular flexibility index (Phi) is 5.88. The summed E-state index contributed by atoms with van der Waals surface area (Å²) in [5.74, 6) is 0.496. The van der Waals surface area contributed by atoms with Gasteiger partial charge in [0, 0.05) is 33.1 Å². The smallest absolute Gasteiger partial charge is 0.263 e. The van der Waals surface area contributed by atoms with Gasteiger partial charge in [0.25, 0.3) is 5.91 Å². The van der Waals surface area contributed by atoms with Gasteiger partial charge in [0.05, 0.1) is 5.02 Å². The van der Waals surface area contributed by atoms with Crippen molar-refractivity contribution in [3.05, 3.63) is 28.8 Å². The summed E-state index contributed by atoms with van der Waals surface area (Å²) in [7, 11) is 0. The van der Waals surface area contributed by atoms with Gasteiger partial charge in [0.15, 0.2) is 6.10 Å². The Hall–Kier alpha value is -1.75. The number of ether oxygens (including phenoxy) is 1. The summed E-state index contributed by atoms with van der Waals surface area (Å²) in [5, 5.41) is 0.494. The van der Waals surface area contributed by atoms with Crippen LogP contribution in [0.5, 0.6) is 5.75 Å². The molecule has 126 valence electrons. The first-order chi connectivity index (χ1) is 10.9. The maximum Gasteiger partial charge on any atom is 0.263 e. The van der Waals surface area contributed by atoms with Crippen molar-refractivity contribution >= 4 is 23.4 Å². The van der Waals surface area contributed by atoms with E-state index in [9.17, 15) is 9.59 Å². The van der Waals surface area contributed by atoms with Crippen molar-refractivity contribution in [2.24, 2.45) is 0 Å². The average Bonchev–Trinajstić information content (AvgIpc) is 2.76. The molecule has 2 amide bonds. The molecule has 1 fully saturated rings. The lowest BCUT2D eigenvalue weighted by Crippen LogP contribution is -2.42. The van der Waals surface area contributed by atoms with Gasteiger partial charge < -0.3 is 14.5 Å². The van der Waals surface area contributed by atoms with E-state index in [2.05, 4.69) is 0 Å². The second-order valence-electron chi connectivity index (χ2n) is 5.88. The molecule has 0 spiro atoms. The second-order valence-corrected chi connectivity index (χ2v) is 6.29. The zero-order valence-electron chi connectivity index (χ0n) is 13.8. The Morgan fingerprint density at radius 2 is 1.83 bits per heavy atom. The number of hydrogen-bond acceptors (Lipinski definition) is 3. The second kappa shape index (κ2) is 7.68. The summed E-state index contributed by atoms with van der Waals surface area (Å²) in [6, 6.07) is 5.49. The maximum absolute atomic E-state index is 12.6. The van der Waals surface area contributed by atoms with E-state index in [1.165, 1.54) is 0 Å².